The van der Waals surface area contributed by atoms with E-state index in [2.05, 4.69) is 10.2 Å². The molecule has 3 heterocycles. The van der Waals surface area contributed by atoms with Gasteiger partial charge in [-0.05, 0) is 12.1 Å². The maximum Gasteiger partial charge on any atom is 0.318 e. The second kappa shape index (κ2) is 7.65. The van der Waals surface area contributed by atoms with Crippen LogP contribution in [0.5, 0.6) is 0 Å². The molecule has 0 bridgehead atoms. The third kappa shape index (κ3) is 3.59. The van der Waals surface area contributed by atoms with Crippen molar-refractivity contribution in [1.29, 1.82) is 0 Å². The third-order valence-electron chi connectivity index (χ3n) is 5.25. The van der Waals surface area contributed by atoms with Gasteiger partial charge in [0.2, 0.25) is 11.8 Å². The Bertz CT molecular complexity index is 911. The van der Waals surface area contributed by atoms with Gasteiger partial charge < -0.3 is 14.2 Å². The molecule has 2 aliphatic rings. The number of imide groups is 1. The first kappa shape index (κ1) is 19.1. The number of piperazine rings is 1. The van der Waals surface area contributed by atoms with Crippen molar-refractivity contribution < 1.29 is 18.8 Å². The minimum atomic E-state index is -0.333. The van der Waals surface area contributed by atoms with E-state index in [0.717, 1.165) is 4.90 Å². The zero-order chi connectivity index (χ0) is 20.5. The number of carbonyl (C=O) groups is 3. The summed E-state index contributed by atoms with van der Waals surface area (Å²) in [5.41, 5.74) is 0.803. The maximum absolute atomic E-state index is 12.6. The fraction of sp³-hybridized carbons (Fsp3) is 0.450. The van der Waals surface area contributed by atoms with Crippen molar-refractivity contribution in [1.82, 2.24) is 20.0 Å². The number of carbonyl (C=O) groups excluding carboxylic acids is 3. The van der Waals surface area contributed by atoms with Gasteiger partial charge in [-0.1, -0.05) is 31.1 Å². The maximum atomic E-state index is 12.6. The fourth-order valence-electron chi connectivity index (χ4n) is 3.54. The Morgan fingerprint density at radius 1 is 1.03 bits per heavy atom. The van der Waals surface area contributed by atoms with Gasteiger partial charge in [0.15, 0.2) is 0 Å². The second-order valence-corrected chi connectivity index (χ2v) is 7.50. The number of benzene rings is 1. The molecule has 0 spiro atoms. The van der Waals surface area contributed by atoms with Gasteiger partial charge in [0, 0.05) is 45.1 Å². The summed E-state index contributed by atoms with van der Waals surface area (Å²) in [6.07, 6.45) is 0.115. The molecule has 1 aromatic carbocycles. The standard InChI is InChI=1S/C20H23N5O4/c1-13(2)17-21-22-20(29-17)24-11-9-23(10-12-24)16(26)7-8-25-18(27)14-5-3-4-6-15(14)19(25)28/h3-6,13H,7-12H2,1-2H3. The predicted octanol–water partition coefficient (Wildman–Crippen LogP) is 1.53. The molecule has 1 aromatic heterocycles. The quantitative estimate of drug-likeness (QED) is 0.705. The second-order valence-electron chi connectivity index (χ2n) is 7.50. The third-order valence-corrected chi connectivity index (χ3v) is 5.25. The van der Waals surface area contributed by atoms with Crippen molar-refractivity contribution in [2.24, 2.45) is 0 Å². The van der Waals surface area contributed by atoms with Gasteiger partial charge >= 0.3 is 6.01 Å². The Labute approximate surface area is 168 Å². The molecule has 9 heteroatoms. The summed E-state index contributed by atoms with van der Waals surface area (Å²) in [6, 6.07) is 7.21. The van der Waals surface area contributed by atoms with Crippen molar-refractivity contribution in [2.75, 3.05) is 37.6 Å². The average molecular weight is 397 g/mol. The van der Waals surface area contributed by atoms with Gasteiger partial charge in [-0.15, -0.1) is 5.10 Å². The van der Waals surface area contributed by atoms with E-state index in [4.69, 9.17) is 4.42 Å². The van der Waals surface area contributed by atoms with Crippen molar-refractivity contribution in [3.63, 3.8) is 0 Å². The number of anilines is 1. The van der Waals surface area contributed by atoms with E-state index < -0.39 is 0 Å². The van der Waals surface area contributed by atoms with Crippen molar-refractivity contribution in [3.05, 3.63) is 41.3 Å². The number of aromatic nitrogens is 2. The van der Waals surface area contributed by atoms with Gasteiger partial charge in [-0.2, -0.15) is 0 Å². The summed E-state index contributed by atoms with van der Waals surface area (Å²) in [6.45, 7) is 6.31. The lowest BCUT2D eigenvalue weighted by Gasteiger charge is -2.33. The van der Waals surface area contributed by atoms with E-state index in [1.165, 1.54) is 0 Å². The number of nitrogens with zero attached hydrogens (tertiary/aromatic N) is 5. The Hall–Kier alpha value is -3.23. The molecule has 0 N–H and O–H groups in total. The molecular weight excluding hydrogens is 374 g/mol. The highest BCUT2D eigenvalue weighted by Gasteiger charge is 2.35. The highest BCUT2D eigenvalue weighted by Crippen LogP contribution is 2.23. The Morgan fingerprint density at radius 2 is 1.66 bits per heavy atom. The number of hydrogen-bond donors (Lipinski definition) is 0. The van der Waals surface area contributed by atoms with Crippen LogP contribution < -0.4 is 4.90 Å². The first-order chi connectivity index (χ1) is 14.0. The molecule has 2 aliphatic heterocycles. The lowest BCUT2D eigenvalue weighted by atomic mass is 10.1. The molecule has 29 heavy (non-hydrogen) atoms. The molecule has 3 amide bonds. The van der Waals surface area contributed by atoms with Crippen LogP contribution in [0.25, 0.3) is 0 Å². The molecule has 0 radical (unpaired) electrons. The Kier molecular flexibility index (Phi) is 5.04. The fourth-order valence-corrected chi connectivity index (χ4v) is 3.54. The highest BCUT2D eigenvalue weighted by atomic mass is 16.4. The molecule has 0 unspecified atom stereocenters. The monoisotopic (exact) mass is 397 g/mol. The molecule has 0 saturated carbocycles. The van der Waals surface area contributed by atoms with Gasteiger partial charge in [-0.3, -0.25) is 19.3 Å². The molecule has 4 rings (SSSR count). The smallest absolute Gasteiger partial charge is 0.318 e. The largest absolute Gasteiger partial charge is 0.408 e. The van der Waals surface area contributed by atoms with Crippen LogP contribution in [-0.4, -0.2) is 70.4 Å². The number of rotatable bonds is 5. The van der Waals surface area contributed by atoms with Crippen LogP contribution in [-0.2, 0) is 4.79 Å². The van der Waals surface area contributed by atoms with E-state index in [1.807, 2.05) is 18.7 Å². The highest BCUT2D eigenvalue weighted by molar-refractivity contribution is 6.21. The van der Waals surface area contributed by atoms with E-state index in [1.54, 1.807) is 29.2 Å². The molecule has 2 aromatic rings. The lowest BCUT2D eigenvalue weighted by Crippen LogP contribution is -2.49. The predicted molar refractivity (Wildman–Crippen MR) is 104 cm³/mol. The van der Waals surface area contributed by atoms with E-state index in [0.29, 0.717) is 49.2 Å². The van der Waals surface area contributed by atoms with Crippen molar-refractivity contribution in [2.45, 2.75) is 26.2 Å². The van der Waals surface area contributed by atoms with E-state index in [9.17, 15) is 14.4 Å². The van der Waals surface area contributed by atoms with Crippen molar-refractivity contribution >= 4 is 23.7 Å². The normalized spacial score (nSPS) is 16.7. The van der Waals surface area contributed by atoms with Gasteiger partial charge in [0.25, 0.3) is 11.8 Å². The van der Waals surface area contributed by atoms with Crippen LogP contribution in [0.4, 0.5) is 6.01 Å². The first-order valence-corrected chi connectivity index (χ1v) is 9.77. The van der Waals surface area contributed by atoms with Crippen LogP contribution in [0.15, 0.2) is 28.7 Å². The SMILES string of the molecule is CC(C)c1nnc(N2CCN(C(=O)CCN3C(=O)c4ccccc4C3=O)CC2)o1. The summed E-state index contributed by atoms with van der Waals surface area (Å²) < 4.78 is 5.67. The van der Waals surface area contributed by atoms with Crippen LogP contribution in [0.2, 0.25) is 0 Å². The molecule has 0 atom stereocenters. The number of amides is 3. The Morgan fingerprint density at radius 3 is 2.21 bits per heavy atom. The minimum Gasteiger partial charge on any atom is -0.408 e. The van der Waals surface area contributed by atoms with Crippen LogP contribution in [0.3, 0.4) is 0 Å². The zero-order valence-electron chi connectivity index (χ0n) is 16.5. The topological polar surface area (TPSA) is 99.9 Å². The Balaban J connectivity index is 1.29. The summed E-state index contributed by atoms with van der Waals surface area (Å²) in [7, 11) is 0. The average Bonchev–Trinajstić information content (AvgIpc) is 3.32. The summed E-state index contributed by atoms with van der Waals surface area (Å²) in [5, 5.41) is 8.12. The van der Waals surface area contributed by atoms with E-state index >= 15 is 0 Å². The zero-order valence-corrected chi connectivity index (χ0v) is 16.5. The molecular formula is C20H23N5O4. The van der Waals surface area contributed by atoms with Crippen LogP contribution in [0, 0.1) is 0 Å². The molecule has 9 nitrogen and oxygen atoms in total. The van der Waals surface area contributed by atoms with Gasteiger partial charge in [0.1, 0.15) is 0 Å². The lowest BCUT2D eigenvalue weighted by molar-refractivity contribution is -0.131. The summed E-state index contributed by atoms with van der Waals surface area (Å²) in [5.74, 6) is 0.0245. The summed E-state index contributed by atoms with van der Waals surface area (Å²) >= 11 is 0. The summed E-state index contributed by atoms with van der Waals surface area (Å²) in [4.78, 5) is 42.2. The first-order valence-electron chi connectivity index (χ1n) is 9.77. The van der Waals surface area contributed by atoms with E-state index in [-0.39, 0.29) is 36.6 Å². The van der Waals surface area contributed by atoms with Crippen LogP contribution >= 0.6 is 0 Å². The number of fused-ring (bicyclic) bond motifs is 1. The minimum absolute atomic E-state index is 0.0744. The molecule has 1 fully saturated rings. The van der Waals surface area contributed by atoms with Gasteiger partial charge in [-0.25, -0.2) is 0 Å². The molecule has 1 saturated heterocycles. The van der Waals surface area contributed by atoms with Crippen molar-refractivity contribution in [3.8, 4) is 0 Å². The van der Waals surface area contributed by atoms with Crippen LogP contribution in [0.1, 0.15) is 52.8 Å². The molecule has 0 aliphatic carbocycles. The number of hydrogen-bond acceptors (Lipinski definition) is 7. The van der Waals surface area contributed by atoms with Gasteiger partial charge in [0.05, 0.1) is 11.1 Å². The molecule has 152 valence electrons.